The summed E-state index contributed by atoms with van der Waals surface area (Å²) in [5.74, 6) is -0.714. The minimum atomic E-state index is -0.717. The molecule has 0 radical (unpaired) electrons. The fourth-order valence-electron chi connectivity index (χ4n) is 3.07. The summed E-state index contributed by atoms with van der Waals surface area (Å²) >= 11 is 3.53. The Morgan fingerprint density at radius 3 is 2.96 bits per heavy atom. The summed E-state index contributed by atoms with van der Waals surface area (Å²) in [7, 11) is 0. The van der Waals surface area contributed by atoms with Crippen LogP contribution in [0.1, 0.15) is 22.4 Å². The van der Waals surface area contributed by atoms with E-state index < -0.39 is 5.97 Å². The van der Waals surface area contributed by atoms with Crippen LogP contribution in [0.5, 0.6) is 0 Å². The highest BCUT2D eigenvalue weighted by Gasteiger charge is 2.26. The van der Waals surface area contributed by atoms with Crippen molar-refractivity contribution < 1.29 is 9.90 Å². The molecule has 3 N–H and O–H groups in total. The van der Waals surface area contributed by atoms with Gasteiger partial charge < -0.3 is 15.8 Å². The fourth-order valence-corrected chi connectivity index (χ4v) is 5.32. The molecule has 0 bridgehead atoms. The number of hydrogen-bond acceptors (Lipinski definition) is 6. The summed E-state index contributed by atoms with van der Waals surface area (Å²) in [6.45, 7) is 6.37. The lowest BCUT2D eigenvalue weighted by molar-refractivity contribution is -0.142. The zero-order valence-electron chi connectivity index (χ0n) is 14.4. The third-order valence-corrected chi connectivity index (χ3v) is 6.81. The van der Waals surface area contributed by atoms with Gasteiger partial charge in [-0.2, -0.15) is 5.10 Å². The zero-order chi connectivity index (χ0) is 17.8. The van der Waals surface area contributed by atoms with Crippen LogP contribution in [0.2, 0.25) is 0 Å². The Labute approximate surface area is 155 Å². The summed E-state index contributed by atoms with van der Waals surface area (Å²) in [5, 5.41) is 18.8. The molecule has 3 rings (SSSR count). The van der Waals surface area contributed by atoms with Gasteiger partial charge in [0.05, 0.1) is 12.1 Å². The number of nitrogens with zero attached hydrogens (tertiary/aromatic N) is 1. The van der Waals surface area contributed by atoms with Gasteiger partial charge in [-0.1, -0.05) is 0 Å². The monoisotopic (exact) mass is 377 g/mol. The molecule has 1 fully saturated rings. The van der Waals surface area contributed by atoms with Crippen LogP contribution in [0.4, 0.5) is 0 Å². The summed E-state index contributed by atoms with van der Waals surface area (Å²) in [4.78, 5) is 14.9. The summed E-state index contributed by atoms with van der Waals surface area (Å²) < 4.78 is 0. The quantitative estimate of drug-likeness (QED) is 0.533. The summed E-state index contributed by atoms with van der Waals surface area (Å²) in [6, 6.07) is 4.31. The Balaban J connectivity index is 1.55. The molecule has 0 aromatic carbocycles. The number of piperidine rings is 1. The standard InChI is InChI=1S/C18H23N3O2S2/c1-11-3-4-24-16(11)17-12(2)5-15(25-17)10-21-20-8-13-6-14(18(22)23)9-19-7-13/h3-5,10,13-14,19-20H,6-9H2,1-2H3,(H,22,23)/b21-10+/t13-,14+/m0/s1. The molecule has 1 saturated heterocycles. The van der Waals surface area contributed by atoms with Gasteiger partial charge in [-0.3, -0.25) is 4.79 Å². The molecule has 1 aliphatic heterocycles. The number of aryl methyl sites for hydroxylation is 2. The van der Waals surface area contributed by atoms with Crippen molar-refractivity contribution in [1.82, 2.24) is 10.7 Å². The molecular weight excluding hydrogens is 354 g/mol. The molecule has 2 atom stereocenters. The van der Waals surface area contributed by atoms with Gasteiger partial charge in [0.15, 0.2) is 0 Å². The second-order valence-electron chi connectivity index (χ2n) is 6.51. The predicted molar refractivity (Wildman–Crippen MR) is 105 cm³/mol. The number of nitrogens with one attached hydrogen (secondary N) is 2. The van der Waals surface area contributed by atoms with E-state index in [1.165, 1.54) is 20.9 Å². The zero-order valence-corrected chi connectivity index (χ0v) is 16.0. The number of carboxylic acids is 1. The van der Waals surface area contributed by atoms with Crippen LogP contribution in [0.25, 0.3) is 9.75 Å². The normalized spacial score (nSPS) is 20.9. The van der Waals surface area contributed by atoms with E-state index in [2.05, 4.69) is 47.2 Å². The van der Waals surface area contributed by atoms with Crippen molar-refractivity contribution in [3.63, 3.8) is 0 Å². The molecule has 7 heteroatoms. The first-order valence-corrected chi connectivity index (χ1v) is 10.1. The Bertz CT molecular complexity index is 766. The van der Waals surface area contributed by atoms with Crippen LogP contribution in [-0.4, -0.2) is 36.9 Å². The maximum atomic E-state index is 11.1. The van der Waals surface area contributed by atoms with Gasteiger partial charge >= 0.3 is 5.97 Å². The molecule has 0 amide bonds. The molecular formula is C18H23N3O2S2. The number of hydrogen-bond donors (Lipinski definition) is 3. The number of carbonyl (C=O) groups is 1. The molecule has 134 valence electrons. The maximum absolute atomic E-state index is 11.1. The topological polar surface area (TPSA) is 73.7 Å². The molecule has 0 unspecified atom stereocenters. The van der Waals surface area contributed by atoms with E-state index in [4.69, 9.17) is 5.11 Å². The van der Waals surface area contributed by atoms with Crippen molar-refractivity contribution in [3.05, 3.63) is 33.5 Å². The average molecular weight is 378 g/mol. The number of carboxylic acid groups (broad SMARTS) is 1. The summed E-state index contributed by atoms with van der Waals surface area (Å²) in [6.07, 6.45) is 2.56. The third kappa shape index (κ3) is 4.48. The molecule has 3 heterocycles. The number of rotatable bonds is 6. The number of aliphatic carboxylic acids is 1. The molecule has 25 heavy (non-hydrogen) atoms. The van der Waals surface area contributed by atoms with Crippen LogP contribution in [0.15, 0.2) is 22.6 Å². The van der Waals surface area contributed by atoms with Gasteiger partial charge in [0.2, 0.25) is 0 Å². The first kappa shape index (κ1) is 18.1. The molecule has 2 aromatic heterocycles. The van der Waals surface area contributed by atoms with Gasteiger partial charge in [0, 0.05) is 27.7 Å². The molecule has 1 aliphatic rings. The molecule has 5 nitrogen and oxygen atoms in total. The second kappa shape index (κ2) is 8.12. The lowest BCUT2D eigenvalue weighted by Gasteiger charge is -2.27. The highest BCUT2D eigenvalue weighted by Crippen LogP contribution is 2.37. The Kier molecular flexibility index (Phi) is 5.88. The molecule has 0 saturated carbocycles. The van der Waals surface area contributed by atoms with Crippen molar-refractivity contribution in [2.45, 2.75) is 20.3 Å². The van der Waals surface area contributed by atoms with Crippen LogP contribution < -0.4 is 10.7 Å². The SMILES string of the molecule is Cc1ccsc1-c1sc(/C=N/NC[C@@H]2CNC[C@H](C(=O)O)C2)cc1C. The van der Waals surface area contributed by atoms with E-state index in [-0.39, 0.29) is 5.92 Å². The van der Waals surface area contributed by atoms with Crippen molar-refractivity contribution in [2.24, 2.45) is 16.9 Å². The third-order valence-electron chi connectivity index (χ3n) is 4.46. The predicted octanol–water partition coefficient (Wildman–Crippen LogP) is 3.33. The van der Waals surface area contributed by atoms with Crippen LogP contribution in [-0.2, 0) is 4.79 Å². The van der Waals surface area contributed by atoms with Gasteiger partial charge in [-0.15, -0.1) is 22.7 Å². The van der Waals surface area contributed by atoms with Crippen molar-refractivity contribution in [3.8, 4) is 9.75 Å². The fraction of sp³-hybridized carbons (Fsp3) is 0.444. The largest absolute Gasteiger partial charge is 0.481 e. The lowest BCUT2D eigenvalue weighted by Crippen LogP contribution is -2.42. The summed E-state index contributed by atoms with van der Waals surface area (Å²) in [5.41, 5.74) is 5.67. The van der Waals surface area contributed by atoms with E-state index in [1.807, 2.05) is 6.21 Å². The van der Waals surface area contributed by atoms with Gasteiger partial charge in [-0.25, -0.2) is 0 Å². The average Bonchev–Trinajstić information content (AvgIpc) is 3.17. The van der Waals surface area contributed by atoms with E-state index >= 15 is 0 Å². The highest BCUT2D eigenvalue weighted by molar-refractivity contribution is 7.22. The minimum Gasteiger partial charge on any atom is -0.481 e. The van der Waals surface area contributed by atoms with Crippen LogP contribution in [0, 0.1) is 25.7 Å². The first-order chi connectivity index (χ1) is 12.0. The first-order valence-electron chi connectivity index (χ1n) is 8.39. The van der Waals surface area contributed by atoms with Crippen LogP contribution >= 0.6 is 22.7 Å². The Morgan fingerprint density at radius 1 is 1.40 bits per heavy atom. The van der Waals surface area contributed by atoms with Crippen molar-refractivity contribution in [2.75, 3.05) is 19.6 Å². The van der Waals surface area contributed by atoms with Gasteiger partial charge in [0.25, 0.3) is 0 Å². The van der Waals surface area contributed by atoms with E-state index in [0.717, 1.165) is 11.4 Å². The van der Waals surface area contributed by atoms with E-state index in [9.17, 15) is 4.79 Å². The van der Waals surface area contributed by atoms with E-state index in [0.29, 0.717) is 25.4 Å². The number of thiophene rings is 2. The lowest BCUT2D eigenvalue weighted by atomic mass is 9.91. The highest BCUT2D eigenvalue weighted by atomic mass is 32.1. The smallest absolute Gasteiger partial charge is 0.307 e. The molecule has 2 aromatic rings. The Hall–Kier alpha value is -1.70. The maximum Gasteiger partial charge on any atom is 0.307 e. The molecule has 0 aliphatic carbocycles. The van der Waals surface area contributed by atoms with Gasteiger partial charge in [-0.05, 0) is 61.4 Å². The molecule has 0 spiro atoms. The second-order valence-corrected chi connectivity index (χ2v) is 8.51. The van der Waals surface area contributed by atoms with Crippen molar-refractivity contribution >= 4 is 34.9 Å². The van der Waals surface area contributed by atoms with Gasteiger partial charge in [0.1, 0.15) is 0 Å². The number of hydrazone groups is 1. The van der Waals surface area contributed by atoms with Crippen molar-refractivity contribution in [1.29, 1.82) is 0 Å². The Morgan fingerprint density at radius 2 is 2.24 bits per heavy atom. The van der Waals surface area contributed by atoms with E-state index in [1.54, 1.807) is 22.7 Å². The van der Waals surface area contributed by atoms with Crippen LogP contribution in [0.3, 0.4) is 0 Å². The minimum absolute atomic E-state index is 0.291.